The average Bonchev–Trinajstić information content (AvgIpc) is 2.86. The highest BCUT2D eigenvalue weighted by molar-refractivity contribution is 5.86. The standard InChI is InChI=1S/C14H19N5O/c1-9(2)11-8-12-13(15-6-7-19(12)18-11)17-10-4-3-5-16-14(10)20/h6-10H,3-5H2,1-2H3,(H,15,17)(H,16,20). The van der Waals surface area contributed by atoms with Crippen LogP contribution < -0.4 is 10.6 Å². The first-order chi connectivity index (χ1) is 9.65. The van der Waals surface area contributed by atoms with Crippen molar-refractivity contribution in [2.24, 2.45) is 0 Å². The number of amides is 1. The van der Waals surface area contributed by atoms with Gasteiger partial charge in [0.05, 0.1) is 5.69 Å². The van der Waals surface area contributed by atoms with Crippen molar-refractivity contribution in [1.82, 2.24) is 19.9 Å². The van der Waals surface area contributed by atoms with Crippen molar-refractivity contribution in [3.05, 3.63) is 24.2 Å². The van der Waals surface area contributed by atoms with E-state index in [1.54, 1.807) is 6.20 Å². The first-order valence-electron chi connectivity index (χ1n) is 7.03. The van der Waals surface area contributed by atoms with Crippen molar-refractivity contribution in [3.63, 3.8) is 0 Å². The Morgan fingerprint density at radius 2 is 2.35 bits per heavy atom. The minimum Gasteiger partial charge on any atom is -0.357 e. The molecule has 1 amide bonds. The second-order valence-electron chi connectivity index (χ2n) is 5.46. The summed E-state index contributed by atoms with van der Waals surface area (Å²) in [6, 6.07) is 1.82. The largest absolute Gasteiger partial charge is 0.357 e. The fraction of sp³-hybridized carbons (Fsp3) is 0.500. The Morgan fingerprint density at radius 3 is 3.10 bits per heavy atom. The predicted octanol–water partition coefficient (Wildman–Crippen LogP) is 1.54. The molecule has 3 heterocycles. The Balaban J connectivity index is 1.92. The molecule has 2 N–H and O–H groups in total. The van der Waals surface area contributed by atoms with Crippen LogP contribution in [0.15, 0.2) is 18.5 Å². The molecule has 0 aromatic carbocycles. The number of carbonyl (C=O) groups is 1. The van der Waals surface area contributed by atoms with Gasteiger partial charge in [0, 0.05) is 18.9 Å². The molecule has 6 nitrogen and oxygen atoms in total. The number of carbonyl (C=O) groups excluding carboxylic acids is 1. The van der Waals surface area contributed by atoms with Crippen molar-refractivity contribution in [2.45, 2.75) is 38.6 Å². The van der Waals surface area contributed by atoms with Gasteiger partial charge in [-0.3, -0.25) is 4.79 Å². The van der Waals surface area contributed by atoms with E-state index in [-0.39, 0.29) is 11.9 Å². The molecule has 106 valence electrons. The first kappa shape index (κ1) is 12.9. The van der Waals surface area contributed by atoms with Crippen LogP contribution in [0.3, 0.4) is 0 Å². The van der Waals surface area contributed by atoms with Crippen molar-refractivity contribution >= 4 is 17.2 Å². The van der Waals surface area contributed by atoms with Crippen LogP contribution in [0.25, 0.3) is 5.52 Å². The van der Waals surface area contributed by atoms with Crippen LogP contribution in [0.2, 0.25) is 0 Å². The van der Waals surface area contributed by atoms with Crippen molar-refractivity contribution < 1.29 is 4.79 Å². The number of hydrogen-bond donors (Lipinski definition) is 2. The second-order valence-corrected chi connectivity index (χ2v) is 5.46. The normalized spacial score (nSPS) is 19.4. The summed E-state index contributed by atoms with van der Waals surface area (Å²) >= 11 is 0. The molecule has 0 spiro atoms. The lowest BCUT2D eigenvalue weighted by atomic mass is 10.1. The molecule has 2 aromatic rings. The van der Waals surface area contributed by atoms with Gasteiger partial charge < -0.3 is 10.6 Å². The number of anilines is 1. The van der Waals surface area contributed by atoms with E-state index in [0.717, 1.165) is 30.6 Å². The van der Waals surface area contributed by atoms with Gasteiger partial charge in [-0.25, -0.2) is 9.50 Å². The molecule has 1 aliphatic rings. The summed E-state index contributed by atoms with van der Waals surface area (Å²) in [7, 11) is 0. The maximum atomic E-state index is 11.8. The maximum absolute atomic E-state index is 11.8. The van der Waals surface area contributed by atoms with E-state index in [9.17, 15) is 4.79 Å². The third-order valence-electron chi connectivity index (χ3n) is 3.60. The molecule has 0 radical (unpaired) electrons. The molecule has 0 saturated carbocycles. The van der Waals surface area contributed by atoms with E-state index in [0.29, 0.717) is 11.7 Å². The molecule has 1 fully saturated rings. The minimum absolute atomic E-state index is 0.0450. The van der Waals surface area contributed by atoms with Gasteiger partial charge in [0.2, 0.25) is 5.91 Å². The lowest BCUT2D eigenvalue weighted by Gasteiger charge is -2.23. The van der Waals surface area contributed by atoms with Gasteiger partial charge in [-0.1, -0.05) is 13.8 Å². The zero-order chi connectivity index (χ0) is 14.1. The van der Waals surface area contributed by atoms with Gasteiger partial charge in [0.25, 0.3) is 0 Å². The Hall–Kier alpha value is -2.11. The maximum Gasteiger partial charge on any atom is 0.242 e. The van der Waals surface area contributed by atoms with Crippen LogP contribution in [0.5, 0.6) is 0 Å². The summed E-state index contributed by atoms with van der Waals surface area (Å²) in [6.07, 6.45) is 5.35. The number of hydrogen-bond acceptors (Lipinski definition) is 4. The first-order valence-corrected chi connectivity index (χ1v) is 7.03. The van der Waals surface area contributed by atoms with Crippen LogP contribution in [0.4, 0.5) is 5.82 Å². The van der Waals surface area contributed by atoms with E-state index in [1.165, 1.54) is 0 Å². The van der Waals surface area contributed by atoms with Gasteiger partial charge in [-0.15, -0.1) is 0 Å². The Bertz CT molecular complexity index is 634. The lowest BCUT2D eigenvalue weighted by Crippen LogP contribution is -2.44. The Kier molecular flexibility index (Phi) is 3.30. The number of nitrogens with zero attached hydrogens (tertiary/aromatic N) is 3. The summed E-state index contributed by atoms with van der Waals surface area (Å²) in [6.45, 7) is 4.98. The highest BCUT2D eigenvalue weighted by Gasteiger charge is 2.23. The highest BCUT2D eigenvalue weighted by Crippen LogP contribution is 2.21. The van der Waals surface area contributed by atoms with Gasteiger partial charge in [-0.05, 0) is 24.8 Å². The molecule has 2 aromatic heterocycles. The zero-order valence-corrected chi connectivity index (χ0v) is 11.8. The summed E-state index contributed by atoms with van der Waals surface area (Å²) in [5.41, 5.74) is 1.93. The number of fused-ring (bicyclic) bond motifs is 1. The van der Waals surface area contributed by atoms with Crippen LogP contribution in [-0.2, 0) is 4.79 Å². The fourth-order valence-corrected chi connectivity index (χ4v) is 2.41. The smallest absolute Gasteiger partial charge is 0.242 e. The molecule has 6 heteroatoms. The Labute approximate surface area is 117 Å². The van der Waals surface area contributed by atoms with Gasteiger partial charge >= 0.3 is 0 Å². The molecule has 3 rings (SSSR count). The van der Waals surface area contributed by atoms with Crippen LogP contribution in [0.1, 0.15) is 38.3 Å². The van der Waals surface area contributed by atoms with Crippen LogP contribution in [-0.4, -0.2) is 33.1 Å². The molecule has 1 atom stereocenters. The number of nitrogens with one attached hydrogen (secondary N) is 2. The Morgan fingerprint density at radius 1 is 1.50 bits per heavy atom. The zero-order valence-electron chi connectivity index (χ0n) is 11.8. The predicted molar refractivity (Wildman–Crippen MR) is 76.7 cm³/mol. The topological polar surface area (TPSA) is 71.3 Å². The molecule has 0 bridgehead atoms. The second kappa shape index (κ2) is 5.11. The van der Waals surface area contributed by atoms with E-state index in [1.807, 2.05) is 16.8 Å². The van der Waals surface area contributed by atoms with E-state index in [2.05, 4.69) is 34.6 Å². The van der Waals surface area contributed by atoms with Crippen LogP contribution >= 0.6 is 0 Å². The molecule has 1 aliphatic heterocycles. The van der Waals surface area contributed by atoms with E-state index >= 15 is 0 Å². The average molecular weight is 273 g/mol. The van der Waals surface area contributed by atoms with Crippen molar-refractivity contribution in [3.8, 4) is 0 Å². The molecular formula is C14H19N5O. The van der Waals surface area contributed by atoms with Crippen molar-refractivity contribution in [1.29, 1.82) is 0 Å². The van der Waals surface area contributed by atoms with Gasteiger partial charge in [-0.2, -0.15) is 5.10 Å². The molecule has 1 saturated heterocycles. The highest BCUT2D eigenvalue weighted by atomic mass is 16.2. The summed E-state index contributed by atoms with van der Waals surface area (Å²) in [4.78, 5) is 16.2. The quantitative estimate of drug-likeness (QED) is 0.890. The lowest BCUT2D eigenvalue weighted by molar-refractivity contribution is -0.123. The SMILES string of the molecule is CC(C)c1cc2c(NC3CCCNC3=O)nccn2n1. The number of piperidine rings is 1. The van der Waals surface area contributed by atoms with Gasteiger partial charge in [0.1, 0.15) is 11.6 Å². The van der Waals surface area contributed by atoms with E-state index < -0.39 is 0 Å². The minimum atomic E-state index is -0.208. The molecule has 20 heavy (non-hydrogen) atoms. The molecular weight excluding hydrogens is 254 g/mol. The third-order valence-corrected chi connectivity index (χ3v) is 3.60. The van der Waals surface area contributed by atoms with Crippen LogP contribution in [0, 0.1) is 0 Å². The molecule has 0 aliphatic carbocycles. The monoisotopic (exact) mass is 273 g/mol. The summed E-state index contributed by atoms with van der Waals surface area (Å²) < 4.78 is 1.81. The number of aromatic nitrogens is 3. The fourth-order valence-electron chi connectivity index (χ4n) is 2.41. The van der Waals surface area contributed by atoms with Crippen molar-refractivity contribution in [2.75, 3.05) is 11.9 Å². The third kappa shape index (κ3) is 2.33. The molecule has 1 unspecified atom stereocenters. The van der Waals surface area contributed by atoms with E-state index in [4.69, 9.17) is 0 Å². The summed E-state index contributed by atoms with van der Waals surface area (Å²) in [5, 5.41) is 10.6. The van der Waals surface area contributed by atoms with Gasteiger partial charge in [0.15, 0.2) is 5.82 Å². The number of rotatable bonds is 3. The summed E-state index contributed by atoms with van der Waals surface area (Å²) in [5.74, 6) is 1.12.